The number of allylic oxidation sites excluding steroid dienone is 1. The monoisotopic (exact) mass is 286 g/mol. The highest BCUT2D eigenvalue weighted by atomic mass is 32.1. The molecule has 0 aromatic carbocycles. The average Bonchev–Trinajstić information content (AvgIpc) is 2.95. The van der Waals surface area contributed by atoms with Gasteiger partial charge in [-0.25, -0.2) is 9.98 Å². The van der Waals surface area contributed by atoms with Crippen LogP contribution < -0.4 is 5.32 Å². The van der Waals surface area contributed by atoms with Gasteiger partial charge in [0.05, 0.1) is 4.88 Å². The molecule has 2 aromatic heterocycles. The standard InChI is InChI=1S/C14H14N4OS/c1-8(2)17-14-18-13(19)11(20-14)6-9-7-16-12-10(9)4-3-5-15-12/h3-8,19H,1-2H3,(H,17,18)/b9-6+. The van der Waals surface area contributed by atoms with Crippen molar-refractivity contribution >= 4 is 40.1 Å². The molecule has 5 nitrogen and oxygen atoms in total. The van der Waals surface area contributed by atoms with Crippen molar-refractivity contribution in [2.24, 2.45) is 4.99 Å². The third-order valence-corrected chi connectivity index (χ3v) is 3.68. The summed E-state index contributed by atoms with van der Waals surface area (Å²) in [6.45, 7) is 4.06. The summed E-state index contributed by atoms with van der Waals surface area (Å²) in [5, 5.41) is 13.8. The minimum Gasteiger partial charge on any atom is -0.492 e. The molecule has 0 unspecified atom stereocenters. The molecule has 6 heteroatoms. The lowest BCUT2D eigenvalue weighted by Crippen LogP contribution is -2.08. The van der Waals surface area contributed by atoms with Gasteiger partial charge in [0.1, 0.15) is 0 Å². The van der Waals surface area contributed by atoms with E-state index in [1.807, 2.05) is 32.1 Å². The highest BCUT2D eigenvalue weighted by molar-refractivity contribution is 7.16. The summed E-state index contributed by atoms with van der Waals surface area (Å²) in [5.74, 6) is 0.750. The van der Waals surface area contributed by atoms with Gasteiger partial charge in [-0.2, -0.15) is 4.98 Å². The van der Waals surface area contributed by atoms with E-state index in [0.29, 0.717) is 15.8 Å². The van der Waals surface area contributed by atoms with Crippen molar-refractivity contribution < 1.29 is 5.11 Å². The molecule has 0 radical (unpaired) electrons. The third-order valence-electron chi connectivity index (χ3n) is 2.76. The molecule has 3 heterocycles. The molecule has 0 atom stereocenters. The lowest BCUT2D eigenvalue weighted by Gasteiger charge is -2.03. The zero-order valence-corrected chi connectivity index (χ0v) is 12.0. The van der Waals surface area contributed by atoms with Crippen molar-refractivity contribution in [3.05, 3.63) is 28.8 Å². The molecule has 0 amide bonds. The van der Waals surface area contributed by atoms with Crippen LogP contribution in [0, 0.1) is 0 Å². The predicted octanol–water partition coefficient (Wildman–Crippen LogP) is 3.32. The highest BCUT2D eigenvalue weighted by Gasteiger charge is 2.15. The van der Waals surface area contributed by atoms with Gasteiger partial charge in [-0.15, -0.1) is 0 Å². The van der Waals surface area contributed by atoms with Crippen LogP contribution in [0.15, 0.2) is 23.3 Å². The van der Waals surface area contributed by atoms with Gasteiger partial charge in [0.2, 0.25) is 5.88 Å². The number of rotatable bonds is 3. The summed E-state index contributed by atoms with van der Waals surface area (Å²) in [6, 6.07) is 4.12. The van der Waals surface area contributed by atoms with Crippen LogP contribution in [0.5, 0.6) is 5.88 Å². The van der Waals surface area contributed by atoms with Gasteiger partial charge in [-0.1, -0.05) is 11.3 Å². The van der Waals surface area contributed by atoms with E-state index in [4.69, 9.17) is 0 Å². The zero-order chi connectivity index (χ0) is 14.1. The minimum absolute atomic E-state index is 0.0383. The highest BCUT2D eigenvalue weighted by Crippen LogP contribution is 2.35. The molecule has 3 rings (SSSR count). The molecule has 0 saturated heterocycles. The number of hydrogen-bond donors (Lipinski definition) is 2. The Hall–Kier alpha value is -2.21. The molecule has 0 aliphatic carbocycles. The second-order valence-corrected chi connectivity index (χ2v) is 5.77. The van der Waals surface area contributed by atoms with Crippen molar-refractivity contribution in [2.75, 3.05) is 5.32 Å². The molecule has 1 aliphatic heterocycles. The quantitative estimate of drug-likeness (QED) is 0.908. The van der Waals surface area contributed by atoms with E-state index in [1.54, 1.807) is 12.4 Å². The summed E-state index contributed by atoms with van der Waals surface area (Å²) in [4.78, 5) is 13.3. The Bertz CT molecular complexity index is 703. The summed E-state index contributed by atoms with van der Waals surface area (Å²) in [6.07, 6.45) is 5.36. The second-order valence-electron chi connectivity index (χ2n) is 4.74. The molecule has 0 saturated carbocycles. The lowest BCUT2D eigenvalue weighted by atomic mass is 10.1. The maximum atomic E-state index is 9.91. The van der Waals surface area contributed by atoms with Gasteiger partial charge in [0, 0.05) is 29.6 Å². The van der Waals surface area contributed by atoms with Crippen LogP contribution in [0.2, 0.25) is 0 Å². The fourth-order valence-corrected chi connectivity index (χ4v) is 2.87. The molecule has 1 aliphatic rings. The number of anilines is 1. The van der Waals surface area contributed by atoms with E-state index >= 15 is 0 Å². The Morgan fingerprint density at radius 3 is 3.05 bits per heavy atom. The number of nitrogens with one attached hydrogen (secondary N) is 1. The molecular weight excluding hydrogens is 272 g/mol. The van der Waals surface area contributed by atoms with E-state index in [2.05, 4.69) is 20.3 Å². The maximum absolute atomic E-state index is 9.91. The van der Waals surface area contributed by atoms with Crippen molar-refractivity contribution in [3.63, 3.8) is 0 Å². The SMILES string of the molecule is CC(C)Nc1nc(O)c(/C=C2\C=Nc3ncccc32)s1. The first-order valence-corrected chi connectivity index (χ1v) is 7.12. The van der Waals surface area contributed by atoms with Gasteiger partial charge in [0.15, 0.2) is 10.9 Å². The van der Waals surface area contributed by atoms with Crippen LogP contribution in [-0.4, -0.2) is 27.3 Å². The van der Waals surface area contributed by atoms with Crippen molar-refractivity contribution in [2.45, 2.75) is 19.9 Å². The predicted molar refractivity (Wildman–Crippen MR) is 82.8 cm³/mol. The number of hydrogen-bond acceptors (Lipinski definition) is 6. The molecular formula is C14H14N4OS. The average molecular weight is 286 g/mol. The lowest BCUT2D eigenvalue weighted by molar-refractivity contribution is 0.456. The van der Waals surface area contributed by atoms with E-state index in [0.717, 1.165) is 11.1 Å². The number of thiazole rings is 1. The van der Waals surface area contributed by atoms with Crippen LogP contribution in [0.4, 0.5) is 10.9 Å². The largest absolute Gasteiger partial charge is 0.492 e. The first-order chi connectivity index (χ1) is 9.63. The van der Waals surface area contributed by atoms with Crippen LogP contribution >= 0.6 is 11.3 Å². The van der Waals surface area contributed by atoms with Crippen LogP contribution in [-0.2, 0) is 0 Å². The summed E-state index contributed by atoms with van der Waals surface area (Å²) in [7, 11) is 0. The normalized spacial score (nSPS) is 15.1. The fraction of sp³-hybridized carbons (Fsp3) is 0.214. The van der Waals surface area contributed by atoms with E-state index in [-0.39, 0.29) is 11.9 Å². The number of aliphatic imine (C=N–C) groups is 1. The first kappa shape index (κ1) is 12.8. The van der Waals surface area contributed by atoms with Crippen molar-refractivity contribution in [1.82, 2.24) is 9.97 Å². The van der Waals surface area contributed by atoms with Gasteiger partial charge in [0.25, 0.3) is 0 Å². The number of nitrogens with zero attached hydrogens (tertiary/aromatic N) is 3. The Morgan fingerprint density at radius 1 is 1.40 bits per heavy atom. The number of fused-ring (bicyclic) bond motifs is 1. The first-order valence-electron chi connectivity index (χ1n) is 6.31. The molecule has 20 heavy (non-hydrogen) atoms. The van der Waals surface area contributed by atoms with Gasteiger partial charge < -0.3 is 10.4 Å². The Morgan fingerprint density at radius 2 is 2.25 bits per heavy atom. The van der Waals surface area contributed by atoms with E-state index < -0.39 is 0 Å². The van der Waals surface area contributed by atoms with Crippen molar-refractivity contribution in [3.8, 4) is 5.88 Å². The molecule has 2 N–H and O–H groups in total. The van der Waals surface area contributed by atoms with Crippen LogP contribution in [0.1, 0.15) is 24.3 Å². The molecule has 0 spiro atoms. The topological polar surface area (TPSA) is 70.4 Å². The zero-order valence-electron chi connectivity index (χ0n) is 11.2. The molecule has 0 bridgehead atoms. The third kappa shape index (κ3) is 2.42. The second kappa shape index (κ2) is 5.05. The van der Waals surface area contributed by atoms with Crippen LogP contribution in [0.25, 0.3) is 11.6 Å². The Labute approximate surface area is 120 Å². The summed E-state index contributed by atoms with van der Waals surface area (Å²) in [5.41, 5.74) is 1.90. The summed E-state index contributed by atoms with van der Waals surface area (Å²) >= 11 is 1.42. The Balaban J connectivity index is 1.94. The molecule has 0 fully saturated rings. The number of aromatic hydroxyl groups is 1. The fourth-order valence-electron chi connectivity index (χ4n) is 1.91. The van der Waals surface area contributed by atoms with E-state index in [9.17, 15) is 5.11 Å². The maximum Gasteiger partial charge on any atom is 0.231 e. The van der Waals surface area contributed by atoms with Gasteiger partial charge in [-0.3, -0.25) is 0 Å². The van der Waals surface area contributed by atoms with Crippen LogP contribution in [0.3, 0.4) is 0 Å². The number of pyridine rings is 1. The Kier molecular flexibility index (Phi) is 3.23. The van der Waals surface area contributed by atoms with Gasteiger partial charge in [-0.05, 0) is 32.1 Å². The minimum atomic E-state index is 0.0383. The van der Waals surface area contributed by atoms with Gasteiger partial charge >= 0.3 is 0 Å². The molecule has 102 valence electrons. The summed E-state index contributed by atoms with van der Waals surface area (Å²) < 4.78 is 0. The number of aromatic nitrogens is 2. The van der Waals surface area contributed by atoms with Crippen molar-refractivity contribution in [1.29, 1.82) is 0 Å². The smallest absolute Gasteiger partial charge is 0.231 e. The molecule has 2 aromatic rings. The van der Waals surface area contributed by atoms with E-state index in [1.165, 1.54) is 11.3 Å².